The van der Waals surface area contributed by atoms with Crippen molar-refractivity contribution in [3.05, 3.63) is 0 Å². The standard InChI is InChI=1S/C16H32N2/c1-3-7-16-13-18(14(2)12-17-16)11-6-10-15-8-4-5-9-15/h14-17H,3-13H2,1-2H3. The Morgan fingerprint density at radius 1 is 1.17 bits per heavy atom. The van der Waals surface area contributed by atoms with Gasteiger partial charge in [-0.15, -0.1) is 0 Å². The van der Waals surface area contributed by atoms with Gasteiger partial charge < -0.3 is 5.32 Å². The van der Waals surface area contributed by atoms with Crippen LogP contribution in [0.5, 0.6) is 0 Å². The first kappa shape index (κ1) is 14.3. The lowest BCUT2D eigenvalue weighted by Crippen LogP contribution is -2.55. The van der Waals surface area contributed by atoms with Crippen LogP contribution in [0.15, 0.2) is 0 Å². The van der Waals surface area contributed by atoms with Crippen LogP contribution in [0.2, 0.25) is 0 Å². The number of piperazine rings is 1. The third kappa shape index (κ3) is 4.24. The topological polar surface area (TPSA) is 15.3 Å². The van der Waals surface area contributed by atoms with Gasteiger partial charge in [-0.05, 0) is 38.6 Å². The van der Waals surface area contributed by atoms with E-state index in [0.29, 0.717) is 0 Å². The van der Waals surface area contributed by atoms with Gasteiger partial charge in [0, 0.05) is 25.2 Å². The van der Waals surface area contributed by atoms with Crippen LogP contribution in [0.3, 0.4) is 0 Å². The molecule has 1 N–H and O–H groups in total. The van der Waals surface area contributed by atoms with Crippen molar-refractivity contribution in [3.63, 3.8) is 0 Å². The molecule has 1 saturated carbocycles. The van der Waals surface area contributed by atoms with Gasteiger partial charge in [0.15, 0.2) is 0 Å². The summed E-state index contributed by atoms with van der Waals surface area (Å²) in [6, 6.07) is 1.49. The number of hydrogen-bond acceptors (Lipinski definition) is 2. The smallest absolute Gasteiger partial charge is 0.0195 e. The largest absolute Gasteiger partial charge is 0.311 e. The van der Waals surface area contributed by atoms with Crippen LogP contribution < -0.4 is 5.32 Å². The summed E-state index contributed by atoms with van der Waals surface area (Å²) in [5.74, 6) is 1.06. The molecule has 2 unspecified atom stereocenters. The van der Waals surface area contributed by atoms with Crippen molar-refractivity contribution in [2.45, 2.75) is 77.3 Å². The number of nitrogens with one attached hydrogen (secondary N) is 1. The summed E-state index contributed by atoms with van der Waals surface area (Å²) in [7, 11) is 0. The second-order valence-electron chi connectivity index (χ2n) is 6.53. The predicted molar refractivity (Wildman–Crippen MR) is 78.9 cm³/mol. The zero-order valence-corrected chi connectivity index (χ0v) is 12.5. The number of hydrogen-bond donors (Lipinski definition) is 1. The molecule has 1 aliphatic heterocycles. The van der Waals surface area contributed by atoms with Crippen LogP contribution in [0.4, 0.5) is 0 Å². The van der Waals surface area contributed by atoms with E-state index in [2.05, 4.69) is 24.1 Å². The average Bonchev–Trinajstić information content (AvgIpc) is 2.86. The Bertz CT molecular complexity index is 223. The van der Waals surface area contributed by atoms with E-state index in [0.717, 1.165) is 18.0 Å². The van der Waals surface area contributed by atoms with Gasteiger partial charge in [-0.25, -0.2) is 0 Å². The van der Waals surface area contributed by atoms with Gasteiger partial charge >= 0.3 is 0 Å². The van der Waals surface area contributed by atoms with Gasteiger partial charge in [-0.2, -0.15) is 0 Å². The van der Waals surface area contributed by atoms with Crippen LogP contribution in [-0.2, 0) is 0 Å². The van der Waals surface area contributed by atoms with E-state index in [1.54, 1.807) is 0 Å². The molecule has 0 aromatic rings. The summed E-state index contributed by atoms with van der Waals surface area (Å²) < 4.78 is 0. The van der Waals surface area contributed by atoms with E-state index >= 15 is 0 Å². The van der Waals surface area contributed by atoms with Crippen LogP contribution in [0, 0.1) is 5.92 Å². The minimum absolute atomic E-state index is 0.738. The third-order valence-electron chi connectivity index (χ3n) is 4.95. The summed E-state index contributed by atoms with van der Waals surface area (Å²) in [5, 5.41) is 3.69. The lowest BCUT2D eigenvalue weighted by atomic mass is 10.0. The van der Waals surface area contributed by atoms with Gasteiger partial charge in [-0.3, -0.25) is 4.90 Å². The maximum absolute atomic E-state index is 3.69. The van der Waals surface area contributed by atoms with Crippen LogP contribution in [0.25, 0.3) is 0 Å². The second-order valence-corrected chi connectivity index (χ2v) is 6.53. The van der Waals surface area contributed by atoms with Gasteiger partial charge in [-0.1, -0.05) is 39.0 Å². The molecule has 0 spiro atoms. The van der Waals surface area contributed by atoms with Gasteiger partial charge in [0.05, 0.1) is 0 Å². The molecular weight excluding hydrogens is 220 g/mol. The fourth-order valence-corrected chi connectivity index (χ4v) is 3.73. The quantitative estimate of drug-likeness (QED) is 0.779. The van der Waals surface area contributed by atoms with Crippen molar-refractivity contribution in [2.75, 3.05) is 19.6 Å². The van der Waals surface area contributed by atoms with E-state index in [1.165, 1.54) is 71.0 Å². The van der Waals surface area contributed by atoms with E-state index in [-0.39, 0.29) is 0 Å². The first-order valence-corrected chi connectivity index (χ1v) is 8.27. The van der Waals surface area contributed by atoms with Crippen molar-refractivity contribution in [1.29, 1.82) is 0 Å². The fraction of sp³-hybridized carbons (Fsp3) is 1.00. The molecule has 0 amide bonds. The van der Waals surface area contributed by atoms with Gasteiger partial charge in [0.2, 0.25) is 0 Å². The number of rotatable bonds is 6. The molecule has 2 fully saturated rings. The summed E-state index contributed by atoms with van der Waals surface area (Å²) in [4.78, 5) is 2.73. The predicted octanol–water partition coefficient (Wildman–Crippen LogP) is 3.42. The van der Waals surface area contributed by atoms with Crippen LogP contribution >= 0.6 is 0 Å². The molecule has 1 heterocycles. The number of nitrogens with zero attached hydrogens (tertiary/aromatic N) is 1. The Labute approximate surface area is 114 Å². The van der Waals surface area contributed by atoms with Crippen molar-refractivity contribution >= 4 is 0 Å². The molecule has 0 radical (unpaired) electrons. The molecular formula is C16H32N2. The molecule has 1 saturated heterocycles. The Kier molecular flexibility index (Phi) is 5.97. The van der Waals surface area contributed by atoms with E-state index in [9.17, 15) is 0 Å². The summed E-state index contributed by atoms with van der Waals surface area (Å²) >= 11 is 0. The van der Waals surface area contributed by atoms with Gasteiger partial charge in [0.25, 0.3) is 0 Å². The first-order chi connectivity index (χ1) is 8.79. The summed E-state index contributed by atoms with van der Waals surface area (Å²) in [6.07, 6.45) is 11.6. The molecule has 2 aliphatic rings. The minimum atomic E-state index is 0.738. The van der Waals surface area contributed by atoms with Crippen molar-refractivity contribution in [2.24, 2.45) is 5.92 Å². The Morgan fingerprint density at radius 3 is 2.67 bits per heavy atom. The van der Waals surface area contributed by atoms with E-state index in [1.807, 2.05) is 0 Å². The SMILES string of the molecule is CCCC1CN(CCCC2CCCC2)C(C)CN1. The Morgan fingerprint density at radius 2 is 1.94 bits per heavy atom. The average molecular weight is 252 g/mol. The molecule has 2 nitrogen and oxygen atoms in total. The minimum Gasteiger partial charge on any atom is -0.311 e. The lowest BCUT2D eigenvalue weighted by molar-refractivity contribution is 0.132. The molecule has 0 aromatic heterocycles. The van der Waals surface area contributed by atoms with Crippen molar-refractivity contribution in [3.8, 4) is 0 Å². The Hall–Kier alpha value is -0.0800. The van der Waals surface area contributed by atoms with E-state index < -0.39 is 0 Å². The second kappa shape index (κ2) is 7.49. The molecule has 106 valence electrons. The highest BCUT2D eigenvalue weighted by Crippen LogP contribution is 2.28. The molecule has 2 rings (SSSR count). The highest BCUT2D eigenvalue weighted by atomic mass is 15.2. The fourth-order valence-electron chi connectivity index (χ4n) is 3.73. The molecule has 0 bridgehead atoms. The van der Waals surface area contributed by atoms with Crippen LogP contribution in [0.1, 0.15) is 65.2 Å². The summed E-state index contributed by atoms with van der Waals surface area (Å²) in [5.41, 5.74) is 0. The third-order valence-corrected chi connectivity index (χ3v) is 4.95. The molecule has 2 heteroatoms. The van der Waals surface area contributed by atoms with E-state index in [4.69, 9.17) is 0 Å². The zero-order chi connectivity index (χ0) is 12.8. The van der Waals surface area contributed by atoms with Crippen molar-refractivity contribution < 1.29 is 0 Å². The highest BCUT2D eigenvalue weighted by Gasteiger charge is 2.24. The first-order valence-electron chi connectivity index (χ1n) is 8.27. The molecule has 2 atom stereocenters. The van der Waals surface area contributed by atoms with Crippen molar-refractivity contribution in [1.82, 2.24) is 10.2 Å². The zero-order valence-electron chi connectivity index (χ0n) is 12.5. The maximum atomic E-state index is 3.69. The van der Waals surface area contributed by atoms with Crippen LogP contribution in [-0.4, -0.2) is 36.6 Å². The van der Waals surface area contributed by atoms with Gasteiger partial charge in [0.1, 0.15) is 0 Å². The molecule has 1 aliphatic carbocycles. The maximum Gasteiger partial charge on any atom is 0.0195 e. The monoisotopic (exact) mass is 252 g/mol. The molecule has 0 aromatic carbocycles. The highest BCUT2D eigenvalue weighted by molar-refractivity contribution is 4.83. The normalized spacial score (nSPS) is 31.0. The summed E-state index contributed by atoms with van der Waals surface area (Å²) in [6.45, 7) is 8.47. The Balaban J connectivity index is 1.65. The lowest BCUT2D eigenvalue weighted by Gasteiger charge is -2.39. The molecule has 18 heavy (non-hydrogen) atoms.